The maximum absolute atomic E-state index is 5.42. The van der Waals surface area contributed by atoms with E-state index in [2.05, 4.69) is 42.6 Å². The first-order valence-corrected chi connectivity index (χ1v) is 9.08. The summed E-state index contributed by atoms with van der Waals surface area (Å²) in [5.41, 5.74) is 0. The summed E-state index contributed by atoms with van der Waals surface area (Å²) in [4.78, 5) is 15.5. The van der Waals surface area contributed by atoms with Crippen molar-refractivity contribution >= 4 is 11.6 Å². The average molecular weight is 343 g/mol. The van der Waals surface area contributed by atoms with Gasteiger partial charge in [0.1, 0.15) is 18.0 Å². The van der Waals surface area contributed by atoms with Crippen LogP contribution >= 0.6 is 0 Å². The number of nitrogens with one attached hydrogen (secondary N) is 2. The Morgan fingerprint density at radius 1 is 1.32 bits per heavy atom. The fraction of sp³-hybridized carbons (Fsp3) is 0.647. The highest BCUT2D eigenvalue weighted by atomic mass is 16.5. The van der Waals surface area contributed by atoms with E-state index in [9.17, 15) is 0 Å². The van der Waals surface area contributed by atoms with Gasteiger partial charge in [0.05, 0.1) is 6.04 Å². The van der Waals surface area contributed by atoms with Crippen molar-refractivity contribution in [2.24, 2.45) is 0 Å². The van der Waals surface area contributed by atoms with E-state index >= 15 is 0 Å². The summed E-state index contributed by atoms with van der Waals surface area (Å²) in [6, 6.07) is 2.47. The van der Waals surface area contributed by atoms with Gasteiger partial charge in [-0.25, -0.2) is 9.97 Å². The van der Waals surface area contributed by atoms with Gasteiger partial charge in [-0.05, 0) is 32.6 Å². The normalized spacial score (nSPS) is 21.5. The van der Waals surface area contributed by atoms with E-state index < -0.39 is 0 Å². The highest BCUT2D eigenvalue weighted by Crippen LogP contribution is 2.38. The smallest absolute Gasteiger partial charge is 0.243 e. The Hall–Kier alpha value is -2.22. The summed E-state index contributed by atoms with van der Waals surface area (Å²) in [5.74, 6) is 3.90. The largest absolute Gasteiger partial charge is 0.373 e. The van der Waals surface area contributed by atoms with E-state index in [1.165, 1.54) is 19.3 Å². The average Bonchev–Trinajstić information content (AvgIpc) is 3.19. The van der Waals surface area contributed by atoms with E-state index in [4.69, 9.17) is 4.52 Å². The summed E-state index contributed by atoms with van der Waals surface area (Å²) >= 11 is 0. The summed E-state index contributed by atoms with van der Waals surface area (Å²) in [6.45, 7) is 3.96. The van der Waals surface area contributed by atoms with Crippen LogP contribution in [0.4, 0.5) is 11.6 Å². The van der Waals surface area contributed by atoms with Crippen molar-refractivity contribution in [2.45, 2.75) is 50.6 Å². The molecule has 0 radical (unpaired) electrons. The van der Waals surface area contributed by atoms with Crippen LogP contribution in [-0.4, -0.2) is 46.3 Å². The number of nitrogens with zero attached hydrogens (tertiary/aromatic N) is 5. The van der Waals surface area contributed by atoms with Crippen molar-refractivity contribution in [3.63, 3.8) is 0 Å². The van der Waals surface area contributed by atoms with Gasteiger partial charge in [0.25, 0.3) is 0 Å². The zero-order valence-corrected chi connectivity index (χ0v) is 14.8. The molecule has 2 atom stereocenters. The molecule has 0 spiro atoms. The Balaban J connectivity index is 1.37. The summed E-state index contributed by atoms with van der Waals surface area (Å²) in [6.07, 6.45) is 6.31. The molecule has 8 nitrogen and oxygen atoms in total. The Kier molecular flexibility index (Phi) is 4.52. The Morgan fingerprint density at radius 3 is 3.00 bits per heavy atom. The van der Waals surface area contributed by atoms with E-state index in [0.717, 1.165) is 37.0 Å². The molecule has 1 aliphatic carbocycles. The minimum Gasteiger partial charge on any atom is -0.373 e. The van der Waals surface area contributed by atoms with Gasteiger partial charge in [-0.3, -0.25) is 0 Å². The lowest BCUT2D eigenvalue weighted by molar-refractivity contribution is 0.333. The van der Waals surface area contributed by atoms with Crippen LogP contribution in [0.25, 0.3) is 0 Å². The highest BCUT2D eigenvalue weighted by Gasteiger charge is 2.30. The zero-order chi connectivity index (χ0) is 17.2. The van der Waals surface area contributed by atoms with Crippen LogP contribution in [0.3, 0.4) is 0 Å². The number of aromatic nitrogens is 4. The van der Waals surface area contributed by atoms with Crippen molar-refractivity contribution in [1.82, 2.24) is 25.4 Å². The number of anilines is 2. The molecule has 1 saturated heterocycles. The van der Waals surface area contributed by atoms with Crippen LogP contribution in [0, 0.1) is 0 Å². The Bertz CT molecular complexity index is 715. The minimum absolute atomic E-state index is 0.0562. The van der Waals surface area contributed by atoms with Crippen molar-refractivity contribution in [3.8, 4) is 0 Å². The molecular weight excluding hydrogens is 318 g/mol. The lowest BCUT2D eigenvalue weighted by Gasteiger charge is -2.27. The molecule has 2 aliphatic rings. The van der Waals surface area contributed by atoms with Gasteiger partial charge in [-0.2, -0.15) is 4.98 Å². The van der Waals surface area contributed by atoms with Crippen LogP contribution in [0.15, 0.2) is 16.9 Å². The predicted octanol–water partition coefficient (Wildman–Crippen LogP) is 2.10. The molecule has 25 heavy (non-hydrogen) atoms. The van der Waals surface area contributed by atoms with Crippen LogP contribution in [0.2, 0.25) is 0 Å². The summed E-state index contributed by atoms with van der Waals surface area (Å²) in [7, 11) is 1.87. The Labute approximate surface area is 147 Å². The van der Waals surface area contributed by atoms with Crippen molar-refractivity contribution in [2.75, 3.05) is 30.4 Å². The molecule has 0 amide bonds. The quantitative estimate of drug-likeness (QED) is 0.790. The van der Waals surface area contributed by atoms with Crippen molar-refractivity contribution in [3.05, 3.63) is 24.1 Å². The van der Waals surface area contributed by atoms with Gasteiger partial charge in [0, 0.05) is 38.2 Å². The predicted molar refractivity (Wildman–Crippen MR) is 94.6 cm³/mol. The van der Waals surface area contributed by atoms with Crippen molar-refractivity contribution in [1.29, 1.82) is 0 Å². The minimum atomic E-state index is 0.0562. The molecular formula is C17H25N7O. The van der Waals surface area contributed by atoms with E-state index in [1.54, 1.807) is 6.33 Å². The van der Waals surface area contributed by atoms with E-state index in [-0.39, 0.29) is 6.04 Å². The van der Waals surface area contributed by atoms with Crippen LogP contribution in [0.5, 0.6) is 0 Å². The molecule has 2 aromatic heterocycles. The Morgan fingerprint density at radius 2 is 2.20 bits per heavy atom. The third-order valence-electron chi connectivity index (χ3n) is 5.01. The monoisotopic (exact) mass is 343 g/mol. The first-order valence-electron chi connectivity index (χ1n) is 9.08. The molecule has 2 aromatic rings. The van der Waals surface area contributed by atoms with Crippen LogP contribution in [0.1, 0.15) is 56.3 Å². The van der Waals surface area contributed by atoms with Crippen molar-refractivity contribution < 1.29 is 4.52 Å². The lowest BCUT2D eigenvalue weighted by atomic mass is 10.2. The number of rotatable bonds is 7. The molecule has 0 unspecified atom stereocenters. The molecule has 0 aromatic carbocycles. The third-order valence-corrected chi connectivity index (χ3v) is 5.01. The first kappa shape index (κ1) is 16.3. The second-order valence-corrected chi connectivity index (χ2v) is 6.90. The maximum atomic E-state index is 5.42. The molecule has 134 valence electrons. The molecule has 1 aliphatic heterocycles. The lowest BCUT2D eigenvalue weighted by Crippen LogP contribution is -2.39. The maximum Gasteiger partial charge on any atom is 0.243 e. The first-order chi connectivity index (χ1) is 12.2. The highest BCUT2D eigenvalue weighted by molar-refractivity contribution is 5.49. The van der Waals surface area contributed by atoms with E-state index in [0.29, 0.717) is 17.9 Å². The topological polar surface area (TPSA) is 92.0 Å². The van der Waals surface area contributed by atoms with E-state index in [1.807, 2.05) is 13.1 Å². The van der Waals surface area contributed by atoms with Gasteiger partial charge in [0.15, 0.2) is 5.82 Å². The number of hydrogen-bond acceptors (Lipinski definition) is 8. The van der Waals surface area contributed by atoms with Gasteiger partial charge in [-0.15, -0.1) is 0 Å². The molecule has 2 N–H and O–H groups in total. The molecule has 1 saturated carbocycles. The summed E-state index contributed by atoms with van der Waals surface area (Å²) < 4.78 is 5.42. The van der Waals surface area contributed by atoms with Gasteiger partial charge in [-0.1, -0.05) is 5.16 Å². The molecule has 3 heterocycles. The zero-order valence-electron chi connectivity index (χ0n) is 14.8. The third kappa shape index (κ3) is 3.58. The number of hydrogen-bond donors (Lipinski definition) is 2. The standard InChI is InChI=1S/C17H25N7O/c1-11(17-22-16(23-25-17)12-5-6-12)19-9-13-4-3-7-24(13)15-8-14(18-2)20-10-21-15/h8,10-13,19H,3-7,9H2,1-2H3,(H,18,20,21)/t11-,13+/m0/s1. The second-order valence-electron chi connectivity index (χ2n) is 6.90. The van der Waals surface area contributed by atoms with Crippen LogP contribution < -0.4 is 15.5 Å². The van der Waals surface area contributed by atoms with Gasteiger partial charge in [0.2, 0.25) is 5.89 Å². The molecule has 4 rings (SSSR count). The molecule has 0 bridgehead atoms. The fourth-order valence-electron chi connectivity index (χ4n) is 3.32. The summed E-state index contributed by atoms with van der Waals surface area (Å²) in [5, 5.41) is 10.7. The fourth-order valence-corrected chi connectivity index (χ4v) is 3.32. The molecule has 2 fully saturated rings. The van der Waals surface area contributed by atoms with Gasteiger partial charge < -0.3 is 20.1 Å². The van der Waals surface area contributed by atoms with Gasteiger partial charge >= 0.3 is 0 Å². The SMILES string of the molecule is CNc1cc(N2CCC[C@@H]2CN[C@@H](C)c2nc(C3CC3)no2)ncn1. The van der Waals surface area contributed by atoms with Crippen LogP contribution in [-0.2, 0) is 0 Å². The molecule has 8 heteroatoms. The second kappa shape index (κ2) is 6.95.